The molecule has 0 aromatic carbocycles. The van der Waals surface area contributed by atoms with Gasteiger partial charge in [0.2, 0.25) is 17.7 Å². The average molecular weight is 450 g/mol. The van der Waals surface area contributed by atoms with E-state index in [-0.39, 0.29) is 57.6 Å². The van der Waals surface area contributed by atoms with Crippen molar-refractivity contribution in [2.45, 2.75) is 16.1 Å². The van der Waals surface area contributed by atoms with Gasteiger partial charge in [-0.2, -0.15) is 0 Å². The summed E-state index contributed by atoms with van der Waals surface area (Å²) in [6.45, 7) is 1.96. The first-order chi connectivity index (χ1) is 11.0. The third-order valence-electron chi connectivity index (χ3n) is 5.74. The van der Waals surface area contributed by atoms with Gasteiger partial charge in [0.25, 0.3) is 0 Å². The molecule has 2 bridgehead atoms. The third kappa shape index (κ3) is 2.32. The first-order valence-electron chi connectivity index (χ1n) is 7.99. The topological polar surface area (TPSA) is 66.9 Å². The van der Waals surface area contributed by atoms with Gasteiger partial charge in [-0.05, 0) is 18.3 Å². The molecule has 0 aromatic heterocycles. The highest BCUT2D eigenvalue weighted by molar-refractivity contribution is 9.12. The molecule has 0 aromatic rings. The van der Waals surface area contributed by atoms with Crippen LogP contribution in [0.5, 0.6) is 0 Å². The maximum atomic E-state index is 12.7. The summed E-state index contributed by atoms with van der Waals surface area (Å²) in [5.41, 5.74) is 0. The predicted octanol–water partition coefficient (Wildman–Crippen LogP) is 0.623. The number of ether oxygens (including phenoxy) is 1. The summed E-state index contributed by atoms with van der Waals surface area (Å²) in [6.07, 6.45) is 0.907. The van der Waals surface area contributed by atoms with E-state index in [1.54, 1.807) is 4.90 Å². The van der Waals surface area contributed by atoms with Crippen LogP contribution in [-0.2, 0) is 19.1 Å². The zero-order valence-electron chi connectivity index (χ0n) is 12.5. The molecule has 0 unspecified atom stereocenters. The number of carbonyl (C=O) groups is 3. The Kier molecular flexibility index (Phi) is 4.05. The minimum atomic E-state index is -0.247. The van der Waals surface area contributed by atoms with Gasteiger partial charge in [0, 0.05) is 22.7 Å². The highest BCUT2D eigenvalue weighted by Gasteiger charge is 2.66. The van der Waals surface area contributed by atoms with Crippen LogP contribution < -0.4 is 0 Å². The minimum absolute atomic E-state index is 0.121. The van der Waals surface area contributed by atoms with E-state index in [0.717, 1.165) is 6.42 Å². The Morgan fingerprint density at radius 1 is 1.04 bits per heavy atom. The molecule has 6 nitrogen and oxygen atoms in total. The largest absolute Gasteiger partial charge is 0.378 e. The number of halogens is 2. The smallest absolute Gasteiger partial charge is 0.242 e. The Hall–Kier alpha value is -0.470. The van der Waals surface area contributed by atoms with Crippen molar-refractivity contribution in [2.75, 3.05) is 32.8 Å². The van der Waals surface area contributed by atoms with Crippen molar-refractivity contribution in [3.63, 3.8) is 0 Å². The monoisotopic (exact) mass is 448 g/mol. The van der Waals surface area contributed by atoms with E-state index in [2.05, 4.69) is 31.9 Å². The van der Waals surface area contributed by atoms with Crippen LogP contribution in [0.1, 0.15) is 6.42 Å². The van der Waals surface area contributed by atoms with Crippen LogP contribution in [0, 0.1) is 23.7 Å². The van der Waals surface area contributed by atoms with Gasteiger partial charge in [-0.1, -0.05) is 31.9 Å². The number of imide groups is 1. The van der Waals surface area contributed by atoms with Crippen molar-refractivity contribution in [1.29, 1.82) is 0 Å². The van der Waals surface area contributed by atoms with Crippen LogP contribution in [0.3, 0.4) is 0 Å². The van der Waals surface area contributed by atoms with Crippen molar-refractivity contribution in [3.8, 4) is 0 Å². The molecule has 6 atom stereocenters. The average Bonchev–Trinajstić information content (AvgIpc) is 3.16. The van der Waals surface area contributed by atoms with Gasteiger partial charge in [-0.15, -0.1) is 0 Å². The molecule has 126 valence electrons. The van der Waals surface area contributed by atoms with E-state index in [9.17, 15) is 14.4 Å². The van der Waals surface area contributed by atoms with E-state index >= 15 is 0 Å². The van der Waals surface area contributed by atoms with Crippen molar-refractivity contribution in [1.82, 2.24) is 9.80 Å². The molecule has 4 rings (SSSR count). The molecule has 4 fully saturated rings. The highest BCUT2D eigenvalue weighted by Crippen LogP contribution is 2.60. The molecular weight excluding hydrogens is 432 g/mol. The van der Waals surface area contributed by atoms with E-state index in [1.807, 2.05) is 0 Å². The van der Waals surface area contributed by atoms with E-state index in [1.165, 1.54) is 4.90 Å². The van der Waals surface area contributed by atoms with Gasteiger partial charge in [0.15, 0.2) is 0 Å². The van der Waals surface area contributed by atoms with Crippen LogP contribution >= 0.6 is 31.9 Å². The Morgan fingerprint density at radius 3 is 2.09 bits per heavy atom. The predicted molar refractivity (Wildman–Crippen MR) is 88.1 cm³/mol. The number of carbonyl (C=O) groups excluding carboxylic acids is 3. The molecule has 2 saturated heterocycles. The lowest BCUT2D eigenvalue weighted by molar-refractivity contribution is -0.148. The molecule has 2 aliphatic heterocycles. The van der Waals surface area contributed by atoms with E-state index < -0.39 is 0 Å². The SMILES string of the molecule is O=C(CN1C(=O)[C@@H]2[C@@H]3C[C@H]([C@H](Br)[C@@H]3Br)[C@@H]2C1=O)N1CCOCC1. The number of nitrogens with zero attached hydrogens (tertiary/aromatic N) is 2. The standard InChI is InChI=1S/C15H18Br2N2O4/c16-12-7-5-8(13(12)17)11-10(7)14(21)19(15(11)22)6-9(20)18-1-3-23-4-2-18/h7-8,10-13H,1-6H2/t7-,8-,10-,11+,12-,13+/m0/s1. The number of amides is 3. The quantitative estimate of drug-likeness (QED) is 0.458. The maximum absolute atomic E-state index is 12.7. The van der Waals surface area contributed by atoms with Crippen molar-refractivity contribution < 1.29 is 19.1 Å². The van der Waals surface area contributed by atoms with Gasteiger partial charge in [-0.3, -0.25) is 19.3 Å². The fourth-order valence-electron chi connectivity index (χ4n) is 4.61. The lowest BCUT2D eigenvalue weighted by Gasteiger charge is -2.28. The van der Waals surface area contributed by atoms with E-state index in [4.69, 9.17) is 4.74 Å². The second-order valence-corrected chi connectivity index (χ2v) is 8.87. The second-order valence-electron chi connectivity index (χ2n) is 6.76. The van der Waals surface area contributed by atoms with Crippen molar-refractivity contribution >= 4 is 49.6 Å². The number of likely N-dealkylation sites (tertiary alicyclic amines) is 1. The number of rotatable bonds is 2. The summed E-state index contributed by atoms with van der Waals surface area (Å²) in [4.78, 5) is 41.2. The Balaban J connectivity index is 1.50. The summed E-state index contributed by atoms with van der Waals surface area (Å²) >= 11 is 7.32. The van der Waals surface area contributed by atoms with Crippen molar-refractivity contribution in [2.24, 2.45) is 23.7 Å². The van der Waals surface area contributed by atoms with Gasteiger partial charge in [0.05, 0.1) is 25.0 Å². The number of morpholine rings is 1. The summed E-state index contributed by atoms with van der Waals surface area (Å²) in [6, 6.07) is 0. The molecule has 0 radical (unpaired) electrons. The van der Waals surface area contributed by atoms with E-state index in [0.29, 0.717) is 26.3 Å². The van der Waals surface area contributed by atoms with Crippen LogP contribution in [0.25, 0.3) is 0 Å². The first-order valence-corrected chi connectivity index (χ1v) is 9.82. The maximum Gasteiger partial charge on any atom is 0.242 e. The molecule has 23 heavy (non-hydrogen) atoms. The summed E-state index contributed by atoms with van der Waals surface area (Å²) in [5.74, 6) is -0.584. The van der Waals surface area contributed by atoms with Crippen LogP contribution in [0.4, 0.5) is 0 Å². The van der Waals surface area contributed by atoms with Crippen LogP contribution in [0.15, 0.2) is 0 Å². The number of hydrogen-bond acceptors (Lipinski definition) is 4. The highest BCUT2D eigenvalue weighted by atomic mass is 79.9. The molecule has 3 amide bonds. The zero-order chi connectivity index (χ0) is 16.3. The zero-order valence-corrected chi connectivity index (χ0v) is 15.7. The lowest BCUT2D eigenvalue weighted by atomic mass is 9.81. The van der Waals surface area contributed by atoms with Crippen molar-refractivity contribution in [3.05, 3.63) is 0 Å². The normalized spacial score (nSPS) is 42.5. The molecule has 2 heterocycles. The van der Waals surface area contributed by atoms with Crippen LogP contribution in [0.2, 0.25) is 0 Å². The molecule has 8 heteroatoms. The Bertz CT molecular complexity index is 534. The minimum Gasteiger partial charge on any atom is -0.378 e. The fraction of sp³-hybridized carbons (Fsp3) is 0.800. The summed E-state index contributed by atoms with van der Waals surface area (Å²) < 4.78 is 5.23. The van der Waals surface area contributed by atoms with Gasteiger partial charge in [-0.25, -0.2) is 0 Å². The Morgan fingerprint density at radius 2 is 1.57 bits per heavy atom. The molecule has 0 N–H and O–H groups in total. The van der Waals surface area contributed by atoms with Gasteiger partial charge in [0.1, 0.15) is 6.54 Å². The lowest BCUT2D eigenvalue weighted by Crippen LogP contribution is -2.47. The number of alkyl halides is 2. The fourth-order valence-corrected chi connectivity index (χ4v) is 6.49. The Labute approximate surface area is 151 Å². The third-order valence-corrected chi connectivity index (χ3v) is 8.94. The van der Waals surface area contributed by atoms with Gasteiger partial charge < -0.3 is 9.64 Å². The van der Waals surface area contributed by atoms with Gasteiger partial charge >= 0.3 is 0 Å². The summed E-state index contributed by atoms with van der Waals surface area (Å²) in [5, 5.41) is 0. The number of hydrogen-bond donors (Lipinski definition) is 0. The number of fused-ring (bicyclic) bond motifs is 5. The molecular formula is C15H18Br2N2O4. The second kappa shape index (κ2) is 5.81. The summed E-state index contributed by atoms with van der Waals surface area (Å²) in [7, 11) is 0. The molecule has 2 saturated carbocycles. The molecule has 0 spiro atoms. The first kappa shape index (κ1) is 16.0. The molecule has 2 aliphatic carbocycles. The molecule has 4 aliphatic rings. The van der Waals surface area contributed by atoms with Crippen LogP contribution in [-0.4, -0.2) is 70.0 Å².